The van der Waals surface area contributed by atoms with Crippen LogP contribution in [0.2, 0.25) is 0 Å². The van der Waals surface area contributed by atoms with Crippen molar-refractivity contribution in [2.45, 2.75) is 32.4 Å². The average Bonchev–Trinajstić information content (AvgIpc) is 2.29. The van der Waals surface area contributed by atoms with Gasteiger partial charge in [-0.05, 0) is 19.3 Å². The third kappa shape index (κ3) is 0.924. The summed E-state index contributed by atoms with van der Waals surface area (Å²) in [6.45, 7) is 3.93. The van der Waals surface area contributed by atoms with Crippen molar-refractivity contribution < 1.29 is 4.39 Å². The molecular weight excluding hydrogens is 155 g/mol. The molecule has 2 rings (SSSR count). The molecule has 1 aromatic rings. The molecule has 0 saturated carbocycles. The van der Waals surface area contributed by atoms with Crippen molar-refractivity contribution in [1.82, 2.24) is 9.97 Å². The smallest absolute Gasteiger partial charge is 0.143 e. The highest BCUT2D eigenvalue weighted by atomic mass is 19.1. The Hall–Kier alpha value is -0.990. The molecule has 0 bridgehead atoms. The van der Waals surface area contributed by atoms with Gasteiger partial charge in [0.1, 0.15) is 12.5 Å². The zero-order chi connectivity index (χ0) is 8.72. The summed E-state index contributed by atoms with van der Waals surface area (Å²) in [5, 5.41) is 0. The first kappa shape index (κ1) is 7.65. The molecule has 1 heterocycles. The van der Waals surface area contributed by atoms with E-state index >= 15 is 0 Å². The number of hydrogen-bond acceptors (Lipinski definition) is 2. The van der Waals surface area contributed by atoms with Crippen molar-refractivity contribution >= 4 is 0 Å². The molecule has 0 aliphatic heterocycles. The molecule has 3 heteroatoms. The number of halogens is 1. The van der Waals surface area contributed by atoms with Gasteiger partial charge in [-0.25, -0.2) is 14.4 Å². The van der Waals surface area contributed by atoms with Crippen molar-refractivity contribution in [1.29, 1.82) is 0 Å². The number of fused-ring (bicyclic) bond motifs is 1. The van der Waals surface area contributed by atoms with Crippen molar-refractivity contribution in [3.8, 4) is 0 Å². The van der Waals surface area contributed by atoms with Gasteiger partial charge in [0, 0.05) is 11.3 Å². The fourth-order valence-electron chi connectivity index (χ4n) is 1.90. The van der Waals surface area contributed by atoms with Gasteiger partial charge in [-0.3, -0.25) is 0 Å². The predicted octanol–water partition coefficient (Wildman–Crippen LogP) is 2.30. The fraction of sp³-hybridized carbons (Fsp3) is 0.556. The summed E-state index contributed by atoms with van der Waals surface area (Å²) in [5.41, 5.74) is 2.55. The fourth-order valence-corrected chi connectivity index (χ4v) is 1.90. The molecule has 1 aliphatic rings. The Balaban J connectivity index is 2.59. The number of alkyl halides is 1. The molecule has 64 valence electrons. The Bertz CT molecular complexity index is 311. The minimum absolute atomic E-state index is 0.274. The van der Waals surface area contributed by atoms with Gasteiger partial charge in [-0.1, -0.05) is 6.92 Å². The second kappa shape index (κ2) is 2.51. The summed E-state index contributed by atoms with van der Waals surface area (Å²) in [6.07, 6.45) is 1.13. The average molecular weight is 166 g/mol. The molecule has 0 radical (unpaired) electrons. The van der Waals surface area contributed by atoms with E-state index in [-0.39, 0.29) is 5.92 Å². The van der Waals surface area contributed by atoms with Gasteiger partial charge in [-0.15, -0.1) is 0 Å². The van der Waals surface area contributed by atoms with Crippen LogP contribution in [0.1, 0.15) is 42.4 Å². The highest BCUT2D eigenvalue weighted by molar-refractivity contribution is 5.33. The lowest BCUT2D eigenvalue weighted by Gasteiger charge is -2.04. The van der Waals surface area contributed by atoms with Crippen LogP contribution < -0.4 is 0 Å². The Morgan fingerprint density at radius 3 is 2.92 bits per heavy atom. The van der Waals surface area contributed by atoms with Crippen LogP contribution >= 0.6 is 0 Å². The maximum atomic E-state index is 13.3. The SMILES string of the molecule is Cc1ncnc2c1[C@@H](C)C[C@@H]2F. The van der Waals surface area contributed by atoms with Crippen LogP contribution in [0.3, 0.4) is 0 Å². The topological polar surface area (TPSA) is 25.8 Å². The van der Waals surface area contributed by atoms with Gasteiger partial charge in [0.2, 0.25) is 0 Å². The van der Waals surface area contributed by atoms with Crippen LogP contribution in [0.4, 0.5) is 4.39 Å². The lowest BCUT2D eigenvalue weighted by atomic mass is 10.0. The van der Waals surface area contributed by atoms with E-state index in [2.05, 4.69) is 9.97 Å². The quantitative estimate of drug-likeness (QED) is 0.591. The zero-order valence-electron chi connectivity index (χ0n) is 7.21. The van der Waals surface area contributed by atoms with E-state index in [1.807, 2.05) is 13.8 Å². The standard InChI is InChI=1S/C9H11FN2/c1-5-3-7(10)9-8(5)6(2)11-4-12-9/h4-5,7H,3H2,1-2H3/t5-,7-/m0/s1. The number of aryl methyl sites for hydroxylation is 1. The third-order valence-electron chi connectivity index (χ3n) is 2.46. The molecule has 1 aromatic heterocycles. The molecule has 0 amide bonds. The van der Waals surface area contributed by atoms with Crippen LogP contribution in [0, 0.1) is 6.92 Å². The van der Waals surface area contributed by atoms with Crippen LogP contribution in [0.15, 0.2) is 6.33 Å². The summed E-state index contributed by atoms with van der Waals surface area (Å²) in [7, 11) is 0. The number of rotatable bonds is 0. The molecular formula is C9H11FN2. The summed E-state index contributed by atoms with van der Waals surface area (Å²) >= 11 is 0. The van der Waals surface area contributed by atoms with E-state index in [1.165, 1.54) is 6.33 Å². The molecule has 0 saturated heterocycles. The molecule has 2 atom stereocenters. The Labute approximate surface area is 70.9 Å². The summed E-state index contributed by atoms with van der Waals surface area (Å²) in [5.74, 6) is 0.274. The van der Waals surface area contributed by atoms with Crippen molar-refractivity contribution in [3.05, 3.63) is 23.3 Å². The molecule has 0 aromatic carbocycles. The molecule has 0 spiro atoms. The molecule has 0 N–H and O–H groups in total. The first-order valence-corrected chi connectivity index (χ1v) is 4.15. The van der Waals surface area contributed by atoms with E-state index in [9.17, 15) is 4.39 Å². The van der Waals surface area contributed by atoms with Gasteiger partial charge in [0.05, 0.1) is 5.69 Å². The van der Waals surface area contributed by atoms with Crippen LogP contribution in [0.25, 0.3) is 0 Å². The highest BCUT2D eigenvalue weighted by Gasteiger charge is 2.30. The minimum atomic E-state index is -0.878. The Kier molecular flexibility index (Phi) is 1.60. The lowest BCUT2D eigenvalue weighted by molar-refractivity contribution is 0.326. The Morgan fingerprint density at radius 1 is 1.50 bits per heavy atom. The second-order valence-electron chi connectivity index (χ2n) is 3.36. The zero-order valence-corrected chi connectivity index (χ0v) is 7.21. The number of hydrogen-bond donors (Lipinski definition) is 0. The first-order chi connectivity index (χ1) is 5.70. The van der Waals surface area contributed by atoms with Gasteiger partial charge in [0.25, 0.3) is 0 Å². The maximum absolute atomic E-state index is 13.3. The van der Waals surface area contributed by atoms with E-state index < -0.39 is 6.17 Å². The normalized spacial score (nSPS) is 27.2. The van der Waals surface area contributed by atoms with Crippen LogP contribution in [0.5, 0.6) is 0 Å². The lowest BCUT2D eigenvalue weighted by Crippen LogP contribution is -1.97. The van der Waals surface area contributed by atoms with Crippen molar-refractivity contribution in [2.75, 3.05) is 0 Å². The second-order valence-corrected chi connectivity index (χ2v) is 3.36. The number of aromatic nitrogens is 2. The van der Waals surface area contributed by atoms with Gasteiger partial charge < -0.3 is 0 Å². The first-order valence-electron chi connectivity index (χ1n) is 4.15. The summed E-state index contributed by atoms with van der Waals surface area (Å²) in [6, 6.07) is 0. The van der Waals surface area contributed by atoms with Crippen molar-refractivity contribution in [3.63, 3.8) is 0 Å². The summed E-state index contributed by atoms with van der Waals surface area (Å²) in [4.78, 5) is 8.02. The largest absolute Gasteiger partial charge is 0.241 e. The van der Waals surface area contributed by atoms with E-state index in [1.54, 1.807) is 0 Å². The Morgan fingerprint density at radius 2 is 2.25 bits per heavy atom. The monoisotopic (exact) mass is 166 g/mol. The molecule has 0 fully saturated rings. The minimum Gasteiger partial charge on any atom is -0.241 e. The van der Waals surface area contributed by atoms with E-state index in [4.69, 9.17) is 0 Å². The molecule has 2 nitrogen and oxygen atoms in total. The van der Waals surface area contributed by atoms with Gasteiger partial charge in [-0.2, -0.15) is 0 Å². The molecule has 12 heavy (non-hydrogen) atoms. The van der Waals surface area contributed by atoms with Gasteiger partial charge >= 0.3 is 0 Å². The molecule has 1 aliphatic carbocycles. The van der Waals surface area contributed by atoms with Crippen LogP contribution in [-0.2, 0) is 0 Å². The predicted molar refractivity (Wildman–Crippen MR) is 43.7 cm³/mol. The number of nitrogens with zero attached hydrogens (tertiary/aromatic N) is 2. The maximum Gasteiger partial charge on any atom is 0.143 e. The molecule has 0 unspecified atom stereocenters. The van der Waals surface area contributed by atoms with E-state index in [0.717, 1.165) is 11.3 Å². The van der Waals surface area contributed by atoms with E-state index in [0.29, 0.717) is 12.1 Å². The van der Waals surface area contributed by atoms with Crippen molar-refractivity contribution in [2.24, 2.45) is 0 Å². The highest BCUT2D eigenvalue weighted by Crippen LogP contribution is 2.41. The van der Waals surface area contributed by atoms with Gasteiger partial charge in [0.15, 0.2) is 0 Å². The third-order valence-corrected chi connectivity index (χ3v) is 2.46. The summed E-state index contributed by atoms with van der Waals surface area (Å²) < 4.78 is 13.3. The van der Waals surface area contributed by atoms with Crippen LogP contribution in [-0.4, -0.2) is 9.97 Å².